The van der Waals surface area contributed by atoms with Gasteiger partial charge in [0, 0.05) is 22.6 Å². The average Bonchev–Trinajstić information content (AvgIpc) is 2.48. The summed E-state index contributed by atoms with van der Waals surface area (Å²) in [6, 6.07) is 5.76. The summed E-state index contributed by atoms with van der Waals surface area (Å²) in [5.41, 5.74) is 0.769. The van der Waals surface area contributed by atoms with Crippen LogP contribution in [0.3, 0.4) is 0 Å². The van der Waals surface area contributed by atoms with E-state index in [1.54, 1.807) is 12.1 Å². The molecule has 110 valence electrons. The van der Waals surface area contributed by atoms with Gasteiger partial charge in [0.15, 0.2) is 0 Å². The first-order chi connectivity index (χ1) is 9.72. The van der Waals surface area contributed by atoms with Crippen molar-refractivity contribution in [2.24, 2.45) is 11.8 Å². The van der Waals surface area contributed by atoms with Crippen molar-refractivity contribution in [1.29, 1.82) is 0 Å². The Kier molecular flexibility index (Phi) is 4.77. The molecular formula is C17H23BrFN. The number of hydrogen-bond donors (Lipinski definition) is 1. The largest absolute Gasteiger partial charge is 0.310 e. The Bertz CT molecular complexity index is 462. The summed E-state index contributed by atoms with van der Waals surface area (Å²) in [4.78, 5) is 0. The summed E-state index contributed by atoms with van der Waals surface area (Å²) < 4.78 is 14.7. The molecule has 2 aliphatic carbocycles. The van der Waals surface area contributed by atoms with Crippen molar-refractivity contribution in [1.82, 2.24) is 5.32 Å². The van der Waals surface area contributed by atoms with Crippen molar-refractivity contribution in [3.63, 3.8) is 0 Å². The molecule has 0 heterocycles. The summed E-state index contributed by atoms with van der Waals surface area (Å²) in [6.07, 6.45) is 9.61. The van der Waals surface area contributed by atoms with Crippen LogP contribution in [0.5, 0.6) is 0 Å². The van der Waals surface area contributed by atoms with Crippen molar-refractivity contribution < 1.29 is 4.39 Å². The van der Waals surface area contributed by atoms with Crippen LogP contribution in [-0.2, 0) is 6.54 Å². The first-order valence-corrected chi connectivity index (χ1v) is 8.69. The molecule has 0 spiro atoms. The van der Waals surface area contributed by atoms with E-state index in [1.165, 1.54) is 44.9 Å². The van der Waals surface area contributed by atoms with Gasteiger partial charge in [0.25, 0.3) is 0 Å². The molecule has 2 fully saturated rings. The van der Waals surface area contributed by atoms with Crippen molar-refractivity contribution >= 4 is 15.9 Å². The third-order valence-corrected chi connectivity index (χ3v) is 5.62. The maximum Gasteiger partial charge on any atom is 0.127 e. The summed E-state index contributed by atoms with van der Waals surface area (Å²) >= 11 is 3.41. The minimum atomic E-state index is -0.105. The van der Waals surface area contributed by atoms with Crippen LogP contribution >= 0.6 is 15.9 Å². The zero-order valence-electron chi connectivity index (χ0n) is 11.9. The van der Waals surface area contributed by atoms with Crippen molar-refractivity contribution in [2.75, 3.05) is 0 Å². The summed E-state index contributed by atoms with van der Waals surface area (Å²) in [5.74, 6) is 1.79. The maximum atomic E-state index is 13.7. The number of rotatable bonds is 3. The second kappa shape index (κ2) is 6.57. The smallest absolute Gasteiger partial charge is 0.127 e. The van der Waals surface area contributed by atoms with Gasteiger partial charge < -0.3 is 5.32 Å². The van der Waals surface area contributed by atoms with Crippen LogP contribution in [0.2, 0.25) is 0 Å². The molecule has 3 rings (SSSR count). The zero-order valence-corrected chi connectivity index (χ0v) is 13.5. The fourth-order valence-corrected chi connectivity index (χ4v) is 4.40. The van der Waals surface area contributed by atoms with Crippen LogP contribution in [0.4, 0.5) is 4.39 Å². The van der Waals surface area contributed by atoms with Crippen molar-refractivity contribution in [2.45, 2.75) is 57.5 Å². The number of hydrogen-bond acceptors (Lipinski definition) is 1. The molecule has 1 aromatic carbocycles. The van der Waals surface area contributed by atoms with Crippen LogP contribution in [0, 0.1) is 17.7 Å². The van der Waals surface area contributed by atoms with Gasteiger partial charge >= 0.3 is 0 Å². The van der Waals surface area contributed by atoms with E-state index < -0.39 is 0 Å². The molecular weight excluding hydrogens is 317 g/mol. The van der Waals surface area contributed by atoms with Crippen LogP contribution < -0.4 is 5.32 Å². The number of fused-ring (bicyclic) bond motifs is 1. The van der Waals surface area contributed by atoms with E-state index >= 15 is 0 Å². The molecule has 0 radical (unpaired) electrons. The first-order valence-electron chi connectivity index (χ1n) is 7.89. The molecule has 2 aliphatic rings. The minimum absolute atomic E-state index is 0.105. The fraction of sp³-hybridized carbons (Fsp3) is 0.647. The SMILES string of the molecule is Fc1ccc(Br)cc1CNC1CCC2CCCCC2C1. The average molecular weight is 340 g/mol. The minimum Gasteiger partial charge on any atom is -0.310 e. The monoisotopic (exact) mass is 339 g/mol. The molecule has 0 bridgehead atoms. The Morgan fingerprint density at radius 2 is 1.90 bits per heavy atom. The predicted octanol–water partition coefficient (Wildman–Crippen LogP) is 5.04. The summed E-state index contributed by atoms with van der Waals surface area (Å²) in [7, 11) is 0. The number of benzene rings is 1. The van der Waals surface area contributed by atoms with Gasteiger partial charge in [-0.2, -0.15) is 0 Å². The van der Waals surface area contributed by atoms with Gasteiger partial charge in [-0.15, -0.1) is 0 Å². The van der Waals surface area contributed by atoms with Gasteiger partial charge in [0.05, 0.1) is 0 Å². The molecule has 1 nitrogen and oxygen atoms in total. The van der Waals surface area contributed by atoms with E-state index in [-0.39, 0.29) is 5.82 Å². The van der Waals surface area contributed by atoms with E-state index in [0.29, 0.717) is 12.6 Å². The highest BCUT2D eigenvalue weighted by Crippen LogP contribution is 2.40. The zero-order chi connectivity index (χ0) is 13.9. The highest BCUT2D eigenvalue weighted by molar-refractivity contribution is 9.10. The van der Waals surface area contributed by atoms with Gasteiger partial charge in [-0.05, 0) is 49.3 Å². The quantitative estimate of drug-likeness (QED) is 0.813. The molecule has 0 saturated heterocycles. The Labute approximate surface area is 129 Å². The summed E-state index contributed by atoms with van der Waals surface area (Å²) in [6.45, 7) is 0.646. The van der Waals surface area contributed by atoms with Crippen LogP contribution in [0.1, 0.15) is 50.5 Å². The standard InChI is InChI=1S/C17H23BrFN/c18-15-6-8-17(19)14(9-15)11-20-16-7-5-12-3-1-2-4-13(12)10-16/h6,8-9,12-13,16,20H,1-5,7,10-11H2. The molecule has 1 N–H and O–H groups in total. The van der Waals surface area contributed by atoms with E-state index in [0.717, 1.165) is 21.9 Å². The highest BCUT2D eigenvalue weighted by atomic mass is 79.9. The maximum absolute atomic E-state index is 13.7. The first kappa shape index (κ1) is 14.5. The third-order valence-electron chi connectivity index (χ3n) is 5.13. The highest BCUT2D eigenvalue weighted by Gasteiger charge is 2.31. The Balaban J connectivity index is 1.55. The van der Waals surface area contributed by atoms with E-state index in [1.807, 2.05) is 6.07 Å². The molecule has 3 atom stereocenters. The van der Waals surface area contributed by atoms with E-state index in [4.69, 9.17) is 0 Å². The van der Waals surface area contributed by atoms with Gasteiger partial charge in [-0.3, -0.25) is 0 Å². The third kappa shape index (κ3) is 3.43. The van der Waals surface area contributed by atoms with Gasteiger partial charge in [-0.1, -0.05) is 41.6 Å². The van der Waals surface area contributed by atoms with Crippen LogP contribution in [-0.4, -0.2) is 6.04 Å². The molecule has 0 amide bonds. The van der Waals surface area contributed by atoms with Crippen LogP contribution in [0.15, 0.2) is 22.7 Å². The number of nitrogens with one attached hydrogen (secondary N) is 1. The molecule has 1 aromatic rings. The Hall–Kier alpha value is -0.410. The van der Waals surface area contributed by atoms with Gasteiger partial charge in [-0.25, -0.2) is 4.39 Å². The Morgan fingerprint density at radius 3 is 2.75 bits per heavy atom. The lowest BCUT2D eigenvalue weighted by atomic mass is 9.69. The molecule has 2 saturated carbocycles. The van der Waals surface area contributed by atoms with Crippen LogP contribution in [0.25, 0.3) is 0 Å². The molecule has 0 aliphatic heterocycles. The topological polar surface area (TPSA) is 12.0 Å². The Morgan fingerprint density at radius 1 is 1.10 bits per heavy atom. The lowest BCUT2D eigenvalue weighted by Gasteiger charge is -2.39. The molecule has 3 heteroatoms. The van der Waals surface area contributed by atoms with E-state index in [2.05, 4.69) is 21.2 Å². The molecule has 0 aromatic heterocycles. The lowest BCUT2D eigenvalue weighted by Crippen LogP contribution is -2.38. The lowest BCUT2D eigenvalue weighted by molar-refractivity contribution is 0.143. The normalized spacial score (nSPS) is 30.0. The van der Waals surface area contributed by atoms with Gasteiger partial charge in [0.2, 0.25) is 0 Å². The summed E-state index contributed by atoms with van der Waals surface area (Å²) in [5, 5.41) is 3.58. The predicted molar refractivity (Wildman–Crippen MR) is 84.0 cm³/mol. The molecule has 3 unspecified atom stereocenters. The van der Waals surface area contributed by atoms with Crippen molar-refractivity contribution in [3.05, 3.63) is 34.1 Å². The second-order valence-electron chi connectivity index (χ2n) is 6.43. The van der Waals surface area contributed by atoms with E-state index in [9.17, 15) is 4.39 Å². The van der Waals surface area contributed by atoms with Crippen molar-refractivity contribution in [3.8, 4) is 0 Å². The van der Waals surface area contributed by atoms with Gasteiger partial charge in [0.1, 0.15) is 5.82 Å². The number of halogens is 2. The second-order valence-corrected chi connectivity index (χ2v) is 7.35. The molecule has 20 heavy (non-hydrogen) atoms. The fourth-order valence-electron chi connectivity index (χ4n) is 3.99.